The van der Waals surface area contributed by atoms with E-state index in [0.29, 0.717) is 12.8 Å². The lowest BCUT2D eigenvalue weighted by molar-refractivity contribution is -0.258. The van der Waals surface area contributed by atoms with Crippen molar-refractivity contribution in [2.24, 2.45) is 0 Å². The van der Waals surface area contributed by atoms with Crippen molar-refractivity contribution in [3.05, 3.63) is 12.2 Å². The maximum absolute atomic E-state index is 10.2. The van der Waals surface area contributed by atoms with Crippen LogP contribution in [0.1, 0.15) is 60.3 Å². The standard InChI is InChI=1S/C14H24O5.C5H12O/c1-14(2,6-4-3-5-7-15)19-13-9-11(17)8-12(10-16)18-13;1-5(2,3)6-4/h3,5,7,11-13,16-17H,4,6,8-10H2,1-2H3;1-4H3/b5-3+;. The van der Waals surface area contributed by atoms with Gasteiger partial charge in [0.1, 0.15) is 6.29 Å². The Labute approximate surface area is 152 Å². The van der Waals surface area contributed by atoms with Crippen molar-refractivity contribution in [3.63, 3.8) is 0 Å². The van der Waals surface area contributed by atoms with Crippen molar-refractivity contribution in [2.45, 2.75) is 90.0 Å². The van der Waals surface area contributed by atoms with Crippen LogP contribution in [0.15, 0.2) is 12.2 Å². The predicted octanol–water partition coefficient (Wildman–Crippen LogP) is 2.61. The fourth-order valence-corrected chi connectivity index (χ4v) is 2.14. The smallest absolute Gasteiger partial charge is 0.161 e. The number of methoxy groups -OCH3 is 1. The number of aliphatic hydroxyl groups is 2. The highest BCUT2D eigenvalue weighted by molar-refractivity contribution is 5.64. The fraction of sp³-hybridized carbons (Fsp3) is 0.842. The first-order valence-electron chi connectivity index (χ1n) is 8.80. The van der Waals surface area contributed by atoms with Crippen LogP contribution < -0.4 is 0 Å². The van der Waals surface area contributed by atoms with Crippen LogP contribution in [0.4, 0.5) is 0 Å². The minimum Gasteiger partial charge on any atom is -0.394 e. The maximum Gasteiger partial charge on any atom is 0.161 e. The Hall–Kier alpha value is -0.790. The molecule has 6 nitrogen and oxygen atoms in total. The lowest BCUT2D eigenvalue weighted by Crippen LogP contribution is -2.42. The largest absolute Gasteiger partial charge is 0.394 e. The van der Waals surface area contributed by atoms with Crippen molar-refractivity contribution in [3.8, 4) is 0 Å². The zero-order chi connectivity index (χ0) is 19.5. The molecule has 148 valence electrons. The molecule has 1 rings (SSSR count). The van der Waals surface area contributed by atoms with E-state index in [4.69, 9.17) is 19.3 Å². The summed E-state index contributed by atoms with van der Waals surface area (Å²) in [5.74, 6) is 0. The van der Waals surface area contributed by atoms with Gasteiger partial charge in [0.25, 0.3) is 0 Å². The van der Waals surface area contributed by atoms with Gasteiger partial charge in [0.15, 0.2) is 6.29 Å². The highest BCUT2D eigenvalue weighted by atomic mass is 16.7. The second kappa shape index (κ2) is 11.8. The minimum absolute atomic E-state index is 0.0417. The van der Waals surface area contributed by atoms with E-state index in [1.54, 1.807) is 13.2 Å². The predicted molar refractivity (Wildman–Crippen MR) is 97.4 cm³/mol. The Balaban J connectivity index is 0.000000823. The Morgan fingerprint density at radius 1 is 1.20 bits per heavy atom. The highest BCUT2D eigenvalue weighted by Gasteiger charge is 2.32. The van der Waals surface area contributed by atoms with Crippen LogP contribution in [0, 0.1) is 0 Å². The molecule has 1 aliphatic rings. The summed E-state index contributed by atoms with van der Waals surface area (Å²) in [5, 5.41) is 18.8. The minimum atomic E-state index is -0.498. The van der Waals surface area contributed by atoms with Crippen molar-refractivity contribution in [1.29, 1.82) is 0 Å². The van der Waals surface area contributed by atoms with Gasteiger partial charge >= 0.3 is 0 Å². The van der Waals surface area contributed by atoms with Crippen LogP contribution in [-0.4, -0.2) is 59.9 Å². The van der Waals surface area contributed by atoms with Crippen molar-refractivity contribution in [1.82, 2.24) is 0 Å². The normalized spacial score (nSPS) is 24.7. The van der Waals surface area contributed by atoms with E-state index in [9.17, 15) is 9.90 Å². The molecule has 0 bridgehead atoms. The molecule has 1 fully saturated rings. The third-order valence-corrected chi connectivity index (χ3v) is 3.74. The van der Waals surface area contributed by atoms with E-state index in [1.807, 2.05) is 34.6 Å². The van der Waals surface area contributed by atoms with Crippen LogP contribution in [0.2, 0.25) is 0 Å². The molecule has 0 amide bonds. The quantitative estimate of drug-likeness (QED) is 0.536. The summed E-state index contributed by atoms with van der Waals surface area (Å²) in [6.07, 6.45) is 5.02. The molecule has 6 heteroatoms. The molecule has 1 saturated heterocycles. The molecule has 1 heterocycles. The van der Waals surface area contributed by atoms with Gasteiger partial charge in [-0.3, -0.25) is 4.79 Å². The Bertz CT molecular complexity index is 386. The third kappa shape index (κ3) is 13.1. The van der Waals surface area contributed by atoms with Crippen LogP contribution in [0.5, 0.6) is 0 Å². The number of carbonyl (C=O) groups excluding carboxylic acids is 1. The summed E-state index contributed by atoms with van der Waals surface area (Å²) in [5.41, 5.74) is -0.366. The monoisotopic (exact) mass is 360 g/mol. The van der Waals surface area contributed by atoms with Gasteiger partial charge in [-0.2, -0.15) is 0 Å². The number of ether oxygens (including phenoxy) is 3. The van der Waals surface area contributed by atoms with E-state index in [0.717, 1.165) is 19.1 Å². The summed E-state index contributed by atoms with van der Waals surface area (Å²) in [6.45, 7) is 9.84. The zero-order valence-corrected chi connectivity index (χ0v) is 16.5. The van der Waals surface area contributed by atoms with Crippen molar-refractivity contribution >= 4 is 6.29 Å². The summed E-state index contributed by atoms with van der Waals surface area (Å²) >= 11 is 0. The average molecular weight is 360 g/mol. The Kier molecular flexibility index (Phi) is 11.4. The Morgan fingerprint density at radius 3 is 2.28 bits per heavy atom. The second-order valence-electron chi connectivity index (χ2n) is 7.79. The first-order chi connectivity index (χ1) is 11.5. The highest BCUT2D eigenvalue weighted by Crippen LogP contribution is 2.27. The number of aldehydes is 1. The maximum atomic E-state index is 10.2. The summed E-state index contributed by atoms with van der Waals surface area (Å²) in [6, 6.07) is 0. The molecule has 2 N–H and O–H groups in total. The van der Waals surface area contributed by atoms with Gasteiger partial charge in [0, 0.05) is 20.0 Å². The molecule has 0 aromatic heterocycles. The average Bonchev–Trinajstić information content (AvgIpc) is 2.50. The van der Waals surface area contributed by atoms with Gasteiger partial charge < -0.3 is 24.4 Å². The van der Waals surface area contributed by atoms with Crippen LogP contribution in [0.25, 0.3) is 0 Å². The summed E-state index contributed by atoms with van der Waals surface area (Å²) in [4.78, 5) is 10.2. The molecule has 3 unspecified atom stereocenters. The molecule has 25 heavy (non-hydrogen) atoms. The Morgan fingerprint density at radius 2 is 1.80 bits per heavy atom. The SMILES string of the molecule is CC(C)(CC/C=C/C=O)OC1CC(O)CC(CO)O1.COC(C)(C)C. The number of hydrogen-bond acceptors (Lipinski definition) is 6. The van der Waals surface area contributed by atoms with Gasteiger partial charge in [-0.1, -0.05) is 6.08 Å². The first-order valence-corrected chi connectivity index (χ1v) is 8.80. The van der Waals surface area contributed by atoms with Gasteiger partial charge in [-0.15, -0.1) is 0 Å². The van der Waals surface area contributed by atoms with E-state index in [-0.39, 0.29) is 18.3 Å². The molecule has 1 aliphatic heterocycles. The van der Waals surface area contributed by atoms with Gasteiger partial charge in [-0.05, 0) is 53.5 Å². The van der Waals surface area contributed by atoms with Gasteiger partial charge in [0.2, 0.25) is 0 Å². The molecule has 0 radical (unpaired) electrons. The molecular weight excluding hydrogens is 324 g/mol. The van der Waals surface area contributed by atoms with Crippen LogP contribution in [-0.2, 0) is 19.0 Å². The number of hydrogen-bond donors (Lipinski definition) is 2. The molecular formula is C19H36O6. The number of rotatable bonds is 7. The fourth-order valence-electron chi connectivity index (χ4n) is 2.14. The number of aliphatic hydroxyl groups excluding tert-OH is 2. The van der Waals surface area contributed by atoms with Crippen LogP contribution >= 0.6 is 0 Å². The zero-order valence-electron chi connectivity index (χ0n) is 16.5. The lowest BCUT2D eigenvalue weighted by Gasteiger charge is -2.37. The number of carbonyl (C=O) groups is 1. The summed E-state index contributed by atoms with van der Waals surface area (Å²) < 4.78 is 16.3. The molecule has 0 aromatic rings. The van der Waals surface area contributed by atoms with Crippen molar-refractivity contribution < 1.29 is 29.2 Å². The van der Waals surface area contributed by atoms with E-state index < -0.39 is 18.0 Å². The van der Waals surface area contributed by atoms with Gasteiger partial charge in [-0.25, -0.2) is 0 Å². The van der Waals surface area contributed by atoms with E-state index in [2.05, 4.69) is 0 Å². The van der Waals surface area contributed by atoms with Gasteiger partial charge in [0.05, 0.1) is 30.0 Å². The topological polar surface area (TPSA) is 85.2 Å². The number of allylic oxidation sites excluding steroid dienone is 2. The van der Waals surface area contributed by atoms with E-state index in [1.165, 1.54) is 6.08 Å². The molecule has 3 atom stereocenters. The van der Waals surface area contributed by atoms with Crippen LogP contribution in [0.3, 0.4) is 0 Å². The van der Waals surface area contributed by atoms with E-state index >= 15 is 0 Å². The second-order valence-corrected chi connectivity index (χ2v) is 7.79. The molecule has 0 aromatic carbocycles. The summed E-state index contributed by atoms with van der Waals surface area (Å²) in [7, 11) is 1.71. The molecule has 0 saturated carbocycles. The lowest BCUT2D eigenvalue weighted by atomic mass is 10.0. The van der Waals surface area contributed by atoms with Crippen molar-refractivity contribution in [2.75, 3.05) is 13.7 Å². The molecule has 0 spiro atoms. The first kappa shape index (κ1) is 24.2. The molecule has 0 aliphatic carbocycles. The third-order valence-electron chi connectivity index (χ3n) is 3.74.